The van der Waals surface area contributed by atoms with E-state index in [0.29, 0.717) is 0 Å². The van der Waals surface area contributed by atoms with Crippen LogP contribution in [0, 0.1) is 31.1 Å². The minimum atomic E-state index is 0. The Bertz CT molecular complexity index is 12.4. The summed E-state index contributed by atoms with van der Waals surface area (Å²) in [6.45, 7) is 0. The Balaban J connectivity index is 0. The van der Waals surface area contributed by atoms with E-state index >= 15 is 0 Å². The molecule has 0 aromatic carbocycles. The number of hydrogen-bond acceptors (Lipinski definition) is 0. The first kappa shape index (κ1) is 78.2. The van der Waals surface area contributed by atoms with Crippen molar-refractivity contribution in [3.63, 3.8) is 0 Å². The molecule has 0 saturated heterocycles. The van der Waals surface area contributed by atoms with Gasteiger partial charge in [-0.2, -0.15) is 0 Å². The maximum Gasteiger partial charge on any atom is 3.00 e. The molecule has 0 atom stereocenters. The first-order valence-electron chi connectivity index (χ1n) is 0. The van der Waals surface area contributed by atoms with Crippen LogP contribution in [0.2, 0.25) is 0 Å². The molecule has 0 bridgehead atoms. The number of hydrogen-bond donors (Lipinski definition) is 0. The third-order valence-corrected chi connectivity index (χ3v) is 0. The van der Waals surface area contributed by atoms with Crippen molar-refractivity contribution < 1.29 is 163 Å². The van der Waals surface area contributed by atoms with Gasteiger partial charge in [-0.05, 0) is 0 Å². The van der Waals surface area contributed by atoms with Gasteiger partial charge in [-0.15, -0.1) is 0 Å². The van der Waals surface area contributed by atoms with E-state index in [4.69, 9.17) is 0 Å². The smallest absolute Gasteiger partial charge is 1.00 e. The van der Waals surface area contributed by atoms with Gasteiger partial charge in [0.15, 0.2) is 0 Å². The van der Waals surface area contributed by atoms with E-state index in [-0.39, 0.29) is 163 Å². The van der Waals surface area contributed by atoms with Crippen LogP contribution >= 0.6 is 0 Å². The van der Waals surface area contributed by atoms with Crippen LogP contribution in [0.4, 0.5) is 0 Å². The van der Waals surface area contributed by atoms with Crippen molar-refractivity contribution in [1.29, 1.82) is 0 Å². The first-order chi connectivity index (χ1) is 0. The minimum Gasteiger partial charge on any atom is -1.00 e. The average Bonchev–Trinajstić information content (AvgIpc) is 0. The van der Waals surface area contributed by atoms with E-state index in [0.717, 1.165) is 0 Å². The van der Waals surface area contributed by atoms with Gasteiger partial charge in [-0.3, -0.25) is 0 Å². The second-order valence-corrected chi connectivity index (χ2v) is 0. The average molecular weight is 461 g/mol. The van der Waals surface area contributed by atoms with Gasteiger partial charge in [0.25, 0.3) is 0 Å². The van der Waals surface area contributed by atoms with Gasteiger partial charge in [0.05, 0.1) is 0 Å². The molecule has 8 heteroatoms. The van der Waals surface area contributed by atoms with Crippen LogP contribution in [-0.2, 0) is 0 Å². The van der Waals surface area contributed by atoms with E-state index in [1.165, 1.54) is 0 Å². The van der Waals surface area contributed by atoms with Crippen LogP contribution in [0.1, 0.15) is 0 Å². The van der Waals surface area contributed by atoms with Gasteiger partial charge in [0.2, 0.25) is 0 Å². The van der Waals surface area contributed by atoms with E-state index in [1.54, 1.807) is 0 Å². The van der Waals surface area contributed by atoms with Crippen molar-refractivity contribution in [2.75, 3.05) is 0 Å². The molecule has 0 saturated carbocycles. The third kappa shape index (κ3) is 45.4. The molecular formula is Cl5KLiU. The Labute approximate surface area is 159 Å². The molecule has 0 amide bonds. The molecule has 0 aliphatic rings. The zero-order valence-corrected chi connectivity index (χ0v) is 15.5. The Kier molecular flexibility index (Phi) is 590. The van der Waals surface area contributed by atoms with E-state index in [9.17, 15) is 0 Å². The zero-order valence-electron chi connectivity index (χ0n) is 4.39. The fourth-order valence-electron chi connectivity index (χ4n) is 0. The molecule has 0 aliphatic carbocycles. The molecule has 8 heavy (non-hydrogen) atoms. The summed E-state index contributed by atoms with van der Waals surface area (Å²) in [5, 5.41) is 0. The molecule has 0 rings (SSSR count). The summed E-state index contributed by atoms with van der Waals surface area (Å²) in [5.41, 5.74) is 0. The van der Waals surface area contributed by atoms with Crippen molar-refractivity contribution in [1.82, 2.24) is 0 Å². The summed E-state index contributed by atoms with van der Waals surface area (Å²) >= 11 is 0. The van der Waals surface area contributed by atoms with Crippen molar-refractivity contribution in [3.8, 4) is 0 Å². The predicted molar refractivity (Wildman–Crippen MR) is 0 cm³/mol. The molecule has 0 heterocycles. The molecule has 0 nitrogen and oxygen atoms in total. The second-order valence-electron chi connectivity index (χ2n) is 0. The quantitative estimate of drug-likeness (QED) is 0.315. The van der Waals surface area contributed by atoms with E-state index in [1.807, 2.05) is 0 Å². The van der Waals surface area contributed by atoms with Crippen LogP contribution in [0.15, 0.2) is 0 Å². The summed E-state index contributed by atoms with van der Waals surface area (Å²) in [7, 11) is 0. The standard InChI is InChI=1S/5ClH.K.Li.U/h5*1H;;;/q;;;;;2*+1;+3/p-5. The Morgan fingerprint density at radius 1 is 0.500 bits per heavy atom. The SMILES string of the molecule is [Cl-].[Cl-].[Cl-].[Cl-].[Cl-].[K+].[Li+].[U+3]. The summed E-state index contributed by atoms with van der Waals surface area (Å²) in [6.07, 6.45) is 0. The van der Waals surface area contributed by atoms with Crippen molar-refractivity contribution in [3.05, 3.63) is 0 Å². The van der Waals surface area contributed by atoms with Crippen LogP contribution in [0.25, 0.3) is 0 Å². The normalized spacial score (nSPS) is 0. The molecule has 0 unspecified atom stereocenters. The summed E-state index contributed by atoms with van der Waals surface area (Å²) in [6, 6.07) is 0. The molecule has 41 valence electrons. The zero-order chi connectivity index (χ0) is 0. The fraction of sp³-hybridized carbons (Fsp3) is 0. The molecule has 0 fully saturated rings. The Morgan fingerprint density at radius 3 is 0.500 bits per heavy atom. The molecule has 0 aromatic heterocycles. The molecule has 0 aromatic rings. The Morgan fingerprint density at radius 2 is 0.500 bits per heavy atom. The Hall–Kier alpha value is 4.74. The van der Waals surface area contributed by atoms with Gasteiger partial charge in [0.1, 0.15) is 0 Å². The summed E-state index contributed by atoms with van der Waals surface area (Å²) in [5.74, 6) is 0. The third-order valence-electron chi connectivity index (χ3n) is 0. The summed E-state index contributed by atoms with van der Waals surface area (Å²) in [4.78, 5) is 0. The van der Waals surface area contributed by atoms with Crippen molar-refractivity contribution in [2.45, 2.75) is 0 Å². The summed E-state index contributed by atoms with van der Waals surface area (Å²) < 4.78 is 0. The van der Waals surface area contributed by atoms with Crippen molar-refractivity contribution in [2.24, 2.45) is 0 Å². The van der Waals surface area contributed by atoms with Gasteiger partial charge in [0, 0.05) is 0 Å². The molecule has 1 radical (unpaired) electrons. The maximum absolute atomic E-state index is 0. The molecule has 0 aliphatic heterocycles. The largest absolute Gasteiger partial charge is 3.00 e. The van der Waals surface area contributed by atoms with Gasteiger partial charge >= 0.3 is 101 Å². The predicted octanol–water partition coefficient (Wildman–Crippen LogP) is -21.0. The number of halogens is 5. The van der Waals surface area contributed by atoms with Crippen LogP contribution in [0.3, 0.4) is 0 Å². The maximum atomic E-state index is 0. The van der Waals surface area contributed by atoms with E-state index in [2.05, 4.69) is 0 Å². The van der Waals surface area contributed by atoms with Crippen LogP contribution in [0.5, 0.6) is 0 Å². The van der Waals surface area contributed by atoms with Crippen LogP contribution in [-0.4, -0.2) is 0 Å². The molecular weight excluding hydrogens is 461 g/mol. The van der Waals surface area contributed by atoms with Gasteiger partial charge in [-0.25, -0.2) is 0 Å². The van der Waals surface area contributed by atoms with Crippen molar-refractivity contribution >= 4 is 0 Å². The first-order valence-corrected chi connectivity index (χ1v) is 0. The minimum absolute atomic E-state index is 0. The van der Waals surface area contributed by atoms with Gasteiger partial charge < -0.3 is 62.0 Å². The molecule has 0 N–H and O–H groups in total. The fourth-order valence-corrected chi connectivity index (χ4v) is 0. The van der Waals surface area contributed by atoms with E-state index < -0.39 is 0 Å². The topological polar surface area (TPSA) is 0 Å². The number of rotatable bonds is 0. The molecule has 0 spiro atoms. The van der Waals surface area contributed by atoms with Gasteiger partial charge in [-0.1, -0.05) is 0 Å². The van der Waals surface area contributed by atoms with Crippen LogP contribution < -0.4 is 132 Å². The second kappa shape index (κ2) is 60.3. The monoisotopic (exact) mass is 459 g/mol.